The van der Waals surface area contributed by atoms with Crippen molar-refractivity contribution in [2.75, 3.05) is 0 Å². The molecule has 0 aromatic carbocycles. The molecule has 0 aliphatic rings. The van der Waals surface area contributed by atoms with Gasteiger partial charge >= 0.3 is 0 Å². The monoisotopic (exact) mass is 550 g/mol. The first-order valence-electron chi connectivity index (χ1n) is 12.5. The fourth-order valence-electron chi connectivity index (χ4n) is 3.97. The molecule has 8 unspecified atom stereocenters. The predicted molar refractivity (Wildman–Crippen MR) is 159 cm³/mol. The zero-order valence-electron chi connectivity index (χ0n) is 20.2. The van der Waals surface area contributed by atoms with Crippen LogP contribution in [0.4, 0.5) is 0 Å². The predicted octanol–water partition coefficient (Wildman–Crippen LogP) is 9.96. The lowest BCUT2D eigenvalue weighted by Gasteiger charge is -2.28. The lowest BCUT2D eigenvalue weighted by Crippen LogP contribution is -2.28. The summed E-state index contributed by atoms with van der Waals surface area (Å²) in [6.45, 7) is 4.53. The van der Waals surface area contributed by atoms with Gasteiger partial charge in [0.1, 0.15) is 0 Å². The molecule has 0 rings (SSSR count). The van der Waals surface area contributed by atoms with E-state index in [-0.39, 0.29) is 12.2 Å². The summed E-state index contributed by atoms with van der Waals surface area (Å²) < 4.78 is 18.0. The van der Waals surface area contributed by atoms with Crippen LogP contribution in [0.25, 0.3) is 0 Å². The Bertz CT molecular complexity index is 366. The fraction of sp³-hybridized carbons (Fsp3) is 1.00. The molecule has 3 nitrogen and oxygen atoms in total. The Kier molecular flexibility index (Phi) is 27.6. The maximum Gasteiger partial charge on any atom is 0.0891 e. The van der Waals surface area contributed by atoms with E-state index in [9.17, 15) is 0 Å². The van der Waals surface area contributed by atoms with Gasteiger partial charge in [0.2, 0.25) is 0 Å². The quantitative estimate of drug-likeness (QED) is 0.0884. The van der Waals surface area contributed by atoms with Crippen molar-refractivity contribution >= 4 is 52.3 Å². The van der Waals surface area contributed by atoms with Crippen LogP contribution in [-0.4, -0.2) is 18.3 Å². The van der Waals surface area contributed by atoms with E-state index in [4.69, 9.17) is 13.6 Å². The maximum absolute atomic E-state index is 6.24. The summed E-state index contributed by atoms with van der Waals surface area (Å²) >= 11 is 0. The Morgan fingerprint density at radius 3 is 1.65 bits per heavy atom. The van der Waals surface area contributed by atoms with E-state index in [1.165, 1.54) is 96.3 Å². The molecule has 0 heterocycles. The van der Waals surface area contributed by atoms with Crippen LogP contribution in [0.2, 0.25) is 0 Å². The van der Waals surface area contributed by atoms with Gasteiger partial charge in [-0.3, -0.25) is 0 Å². The van der Waals surface area contributed by atoms with E-state index in [1.807, 2.05) is 0 Å². The van der Waals surface area contributed by atoms with Crippen LogP contribution in [0.15, 0.2) is 0 Å². The second-order valence-corrected chi connectivity index (χ2v) is 15.8. The second kappa shape index (κ2) is 25.5. The highest BCUT2D eigenvalue weighted by Crippen LogP contribution is 2.55. The zero-order chi connectivity index (χ0) is 23.2. The van der Waals surface area contributed by atoms with Gasteiger partial charge in [-0.1, -0.05) is 124 Å². The van der Waals surface area contributed by atoms with Gasteiger partial charge in [0, 0.05) is 18.0 Å². The average Bonchev–Trinajstić information content (AvgIpc) is 2.75. The number of unbranched alkanes of at least 4 members (excludes halogenated alkanes) is 10. The van der Waals surface area contributed by atoms with E-state index < -0.39 is 7.53 Å². The summed E-state index contributed by atoms with van der Waals surface area (Å²) in [5, 5.41) is 0. The molecule has 0 aromatic heterocycles. The van der Waals surface area contributed by atoms with Gasteiger partial charge in [-0.2, -0.15) is 0 Å². The lowest BCUT2D eigenvalue weighted by molar-refractivity contribution is 0.0637. The van der Waals surface area contributed by atoms with Crippen molar-refractivity contribution in [3.05, 3.63) is 0 Å². The van der Waals surface area contributed by atoms with Crippen LogP contribution in [0.5, 0.6) is 0 Å². The van der Waals surface area contributed by atoms with Crippen molar-refractivity contribution in [1.29, 1.82) is 0 Å². The van der Waals surface area contributed by atoms with E-state index in [2.05, 4.69) is 50.1 Å². The first kappa shape index (κ1) is 33.5. The number of rotatable bonds is 24. The third kappa shape index (κ3) is 21.5. The fourth-order valence-corrected chi connectivity index (χ4v) is 6.70. The molecule has 188 valence electrons. The summed E-state index contributed by atoms with van der Waals surface area (Å²) in [5.41, 5.74) is 0. The minimum absolute atomic E-state index is 0.238. The molecular formula is C22H52O3P6. The van der Waals surface area contributed by atoms with Crippen LogP contribution in [0, 0.1) is 0 Å². The van der Waals surface area contributed by atoms with Crippen LogP contribution in [-0.2, 0) is 13.6 Å². The van der Waals surface area contributed by atoms with E-state index in [0.717, 1.165) is 12.8 Å². The molecule has 0 bridgehead atoms. The van der Waals surface area contributed by atoms with Crippen molar-refractivity contribution in [3.63, 3.8) is 0 Å². The van der Waals surface area contributed by atoms with Crippen LogP contribution < -0.4 is 0 Å². The molecule has 0 fully saturated rings. The third-order valence-electron chi connectivity index (χ3n) is 5.82. The Balaban J connectivity index is 4.00. The Hall–Kier alpha value is 2.46. The van der Waals surface area contributed by atoms with Gasteiger partial charge in [0.15, 0.2) is 0 Å². The van der Waals surface area contributed by atoms with Gasteiger partial charge in [-0.25, -0.2) is 0 Å². The Labute approximate surface area is 206 Å². The zero-order valence-corrected chi connectivity index (χ0v) is 26.7. The van der Waals surface area contributed by atoms with Gasteiger partial charge in [-0.15, -0.1) is 0 Å². The Morgan fingerprint density at radius 2 is 1.13 bits per heavy atom. The summed E-state index contributed by atoms with van der Waals surface area (Å²) in [6.07, 6.45) is 22.5. The van der Waals surface area contributed by atoms with Crippen molar-refractivity contribution in [2.45, 2.75) is 141 Å². The second-order valence-electron chi connectivity index (χ2n) is 8.58. The third-order valence-corrected chi connectivity index (χ3v) is 8.30. The summed E-state index contributed by atoms with van der Waals surface area (Å²) in [5.74, 6) is 0. The van der Waals surface area contributed by atoms with Crippen molar-refractivity contribution < 1.29 is 13.6 Å². The highest BCUT2D eigenvalue weighted by atomic mass is 32.4. The minimum Gasteiger partial charge on any atom is -0.362 e. The van der Waals surface area contributed by atoms with E-state index >= 15 is 0 Å². The number of hydrogen-bond donors (Lipinski definition) is 0. The average molecular weight is 550 g/mol. The summed E-state index contributed by atoms with van der Waals surface area (Å²) in [4.78, 5) is 0. The molecule has 0 aromatic rings. The van der Waals surface area contributed by atoms with Crippen molar-refractivity contribution in [2.24, 2.45) is 0 Å². The van der Waals surface area contributed by atoms with Gasteiger partial charge in [0.25, 0.3) is 0 Å². The summed E-state index contributed by atoms with van der Waals surface area (Å²) in [6, 6.07) is 0. The molecular weight excluding hydrogens is 498 g/mol. The molecule has 0 radical (unpaired) electrons. The van der Waals surface area contributed by atoms with Crippen LogP contribution in [0.1, 0.15) is 123 Å². The molecule has 0 aliphatic heterocycles. The molecule has 0 N–H and O–H groups in total. The minimum atomic E-state index is -0.508. The topological polar surface area (TPSA) is 27.7 Å². The summed E-state index contributed by atoms with van der Waals surface area (Å²) in [7, 11) is 10.8. The van der Waals surface area contributed by atoms with Crippen molar-refractivity contribution in [1.82, 2.24) is 0 Å². The largest absolute Gasteiger partial charge is 0.362 e. The standard InChI is InChI=1S/C22H52O3P6/c1-3-5-7-13-16-20(23-26)17-14-10-8-9-11-15-18-21(24-30-27)22(25-31(28)29)19-12-6-4-2/h20-22,30H,3-19,26-29H2,1-2H3. The first-order valence-corrected chi connectivity index (χ1v) is 20.2. The molecule has 0 saturated carbocycles. The molecule has 0 spiro atoms. The van der Waals surface area contributed by atoms with Crippen LogP contribution in [0.3, 0.4) is 0 Å². The molecule has 0 saturated heterocycles. The van der Waals surface area contributed by atoms with Gasteiger partial charge in [0.05, 0.1) is 25.8 Å². The van der Waals surface area contributed by atoms with E-state index in [1.54, 1.807) is 0 Å². The lowest BCUT2D eigenvalue weighted by atomic mass is 9.99. The molecule has 8 atom stereocenters. The normalized spacial score (nSPS) is 15.2. The Morgan fingerprint density at radius 1 is 0.677 bits per heavy atom. The van der Waals surface area contributed by atoms with Gasteiger partial charge < -0.3 is 13.6 Å². The van der Waals surface area contributed by atoms with Crippen molar-refractivity contribution in [3.8, 4) is 0 Å². The first-order chi connectivity index (χ1) is 15.1. The maximum atomic E-state index is 6.24. The van der Waals surface area contributed by atoms with Gasteiger partial charge in [-0.05, 0) is 25.7 Å². The van der Waals surface area contributed by atoms with Crippen LogP contribution >= 0.6 is 52.3 Å². The smallest absolute Gasteiger partial charge is 0.0891 e. The molecule has 0 amide bonds. The highest BCUT2D eigenvalue weighted by molar-refractivity contribution is 8.41. The van der Waals surface area contributed by atoms with E-state index in [0.29, 0.717) is 14.6 Å². The highest BCUT2D eigenvalue weighted by Gasteiger charge is 2.23. The molecule has 0 aliphatic carbocycles. The molecule has 31 heavy (non-hydrogen) atoms. The molecule has 9 heteroatoms. The number of hydrogen-bond acceptors (Lipinski definition) is 3. The SMILES string of the molecule is CCCCCCC(CCCCCCCCC(OPP)C(CCCCC)OP(P)P)OP.